The van der Waals surface area contributed by atoms with Crippen LogP contribution in [-0.2, 0) is 15.6 Å². The predicted molar refractivity (Wildman–Crippen MR) is 96.0 cm³/mol. The fraction of sp³-hybridized carbons (Fsp3) is 0.611. The van der Waals surface area contributed by atoms with Crippen LogP contribution in [0.2, 0.25) is 0 Å². The second-order valence-corrected chi connectivity index (χ2v) is 8.43. The molecule has 4 nitrogen and oxygen atoms in total. The molecule has 0 radical (unpaired) electrons. The summed E-state index contributed by atoms with van der Waals surface area (Å²) < 4.78 is 11.5. The lowest BCUT2D eigenvalue weighted by Crippen LogP contribution is -2.56. The van der Waals surface area contributed by atoms with Gasteiger partial charge in [0.2, 0.25) is 5.91 Å². The average Bonchev–Trinajstić information content (AvgIpc) is 2.55. The Morgan fingerprint density at radius 2 is 1.87 bits per heavy atom. The molecule has 1 aliphatic rings. The van der Waals surface area contributed by atoms with Gasteiger partial charge < -0.3 is 5.32 Å². The van der Waals surface area contributed by atoms with Crippen molar-refractivity contribution in [3.63, 3.8) is 0 Å². The van der Waals surface area contributed by atoms with Crippen LogP contribution >= 0.6 is 0 Å². The molecule has 0 unspecified atom stereocenters. The molecule has 2 rings (SSSR count). The lowest BCUT2D eigenvalue weighted by molar-refractivity contribution is -0.123. The van der Waals surface area contributed by atoms with Gasteiger partial charge in [-0.3, -0.25) is 13.9 Å². The highest BCUT2D eigenvalue weighted by Crippen LogP contribution is 2.21. The molecule has 1 atom stereocenters. The zero-order valence-electron chi connectivity index (χ0n) is 14.4. The Labute approximate surface area is 142 Å². The van der Waals surface area contributed by atoms with Gasteiger partial charge in [-0.15, -0.1) is 0 Å². The minimum absolute atomic E-state index is 0.0901. The minimum Gasteiger partial charge on any atom is -0.354 e. The third kappa shape index (κ3) is 4.88. The Bertz CT molecular complexity index is 535. The largest absolute Gasteiger partial charge is 0.354 e. The summed E-state index contributed by atoms with van der Waals surface area (Å²) in [5.74, 6) is 1.46. The normalized spacial score (nSPS) is 18.6. The Morgan fingerprint density at radius 3 is 2.43 bits per heavy atom. The first-order valence-electron chi connectivity index (χ1n) is 8.36. The van der Waals surface area contributed by atoms with Gasteiger partial charge in [-0.1, -0.05) is 37.3 Å². The van der Waals surface area contributed by atoms with Crippen LogP contribution < -0.4 is 5.32 Å². The van der Waals surface area contributed by atoms with Crippen LogP contribution in [-0.4, -0.2) is 51.7 Å². The van der Waals surface area contributed by atoms with Crippen molar-refractivity contribution in [2.45, 2.75) is 38.6 Å². The molecular formula is C18H28N2O2S. The first-order valence-corrected chi connectivity index (χ1v) is 9.85. The van der Waals surface area contributed by atoms with E-state index >= 15 is 0 Å². The SMILES string of the molecule is CC[C@@H](C(=O)NCC(C)(C)N1CCS(=O)CC1)c1ccccc1. The molecule has 23 heavy (non-hydrogen) atoms. The maximum absolute atomic E-state index is 12.6. The topological polar surface area (TPSA) is 49.4 Å². The molecule has 128 valence electrons. The van der Waals surface area contributed by atoms with Crippen LogP contribution in [0.25, 0.3) is 0 Å². The molecule has 1 aromatic carbocycles. The first kappa shape index (κ1) is 18.1. The molecule has 1 heterocycles. The average molecular weight is 337 g/mol. The van der Waals surface area contributed by atoms with E-state index < -0.39 is 10.8 Å². The van der Waals surface area contributed by atoms with Gasteiger partial charge >= 0.3 is 0 Å². The Morgan fingerprint density at radius 1 is 1.26 bits per heavy atom. The van der Waals surface area contributed by atoms with E-state index in [1.54, 1.807) is 0 Å². The molecule has 1 aromatic rings. The molecule has 1 saturated heterocycles. The summed E-state index contributed by atoms with van der Waals surface area (Å²) in [6.45, 7) is 8.62. The highest BCUT2D eigenvalue weighted by atomic mass is 32.2. The number of nitrogens with zero attached hydrogens (tertiary/aromatic N) is 1. The Hall–Kier alpha value is -1.20. The van der Waals surface area contributed by atoms with Gasteiger partial charge in [0.1, 0.15) is 0 Å². The third-order valence-electron chi connectivity index (χ3n) is 4.66. The number of amides is 1. The van der Waals surface area contributed by atoms with E-state index in [1.165, 1.54) is 0 Å². The van der Waals surface area contributed by atoms with Gasteiger partial charge in [-0.05, 0) is 25.8 Å². The minimum atomic E-state index is -0.671. The van der Waals surface area contributed by atoms with Crippen molar-refractivity contribution in [2.24, 2.45) is 0 Å². The van der Waals surface area contributed by atoms with E-state index in [4.69, 9.17) is 0 Å². The summed E-state index contributed by atoms with van der Waals surface area (Å²) in [4.78, 5) is 14.9. The van der Waals surface area contributed by atoms with Gasteiger partial charge in [0.15, 0.2) is 0 Å². The Kier molecular flexibility index (Phi) is 6.36. The molecule has 0 saturated carbocycles. The van der Waals surface area contributed by atoms with E-state index in [0.717, 1.165) is 36.6 Å². The van der Waals surface area contributed by atoms with Gasteiger partial charge in [0.25, 0.3) is 0 Å². The van der Waals surface area contributed by atoms with Crippen molar-refractivity contribution in [3.05, 3.63) is 35.9 Å². The molecule has 0 aliphatic carbocycles. The standard InChI is InChI=1S/C18H28N2O2S/c1-4-16(15-8-6-5-7-9-15)17(21)19-14-18(2,3)20-10-12-23(22)13-11-20/h5-9,16H,4,10-14H2,1-3H3,(H,19,21)/t16-/m1/s1. The summed E-state index contributed by atoms with van der Waals surface area (Å²) in [7, 11) is -0.671. The fourth-order valence-corrected chi connectivity index (χ4v) is 4.09. The molecule has 5 heteroatoms. The number of carbonyl (C=O) groups is 1. The van der Waals surface area contributed by atoms with Crippen LogP contribution in [0.1, 0.15) is 38.7 Å². The van der Waals surface area contributed by atoms with Crippen molar-refractivity contribution < 1.29 is 9.00 Å². The predicted octanol–water partition coefficient (Wildman–Crippen LogP) is 2.14. The molecule has 1 aliphatic heterocycles. The number of rotatable bonds is 6. The summed E-state index contributed by atoms with van der Waals surface area (Å²) in [6, 6.07) is 9.95. The maximum Gasteiger partial charge on any atom is 0.227 e. The number of hydrogen-bond acceptors (Lipinski definition) is 3. The van der Waals surface area contributed by atoms with Crippen molar-refractivity contribution in [2.75, 3.05) is 31.1 Å². The summed E-state index contributed by atoms with van der Waals surface area (Å²) in [6.07, 6.45) is 0.791. The van der Waals surface area contributed by atoms with Crippen LogP contribution in [0.3, 0.4) is 0 Å². The number of nitrogens with one attached hydrogen (secondary N) is 1. The third-order valence-corrected chi connectivity index (χ3v) is 5.93. The van der Waals surface area contributed by atoms with E-state index in [1.807, 2.05) is 37.3 Å². The van der Waals surface area contributed by atoms with Crippen LogP contribution in [0.5, 0.6) is 0 Å². The molecule has 0 aromatic heterocycles. The van der Waals surface area contributed by atoms with Crippen LogP contribution in [0, 0.1) is 0 Å². The van der Waals surface area contributed by atoms with Gasteiger partial charge in [0.05, 0.1) is 5.92 Å². The van der Waals surface area contributed by atoms with E-state index in [0.29, 0.717) is 6.54 Å². The van der Waals surface area contributed by atoms with E-state index in [-0.39, 0.29) is 17.4 Å². The zero-order valence-corrected chi connectivity index (χ0v) is 15.2. The van der Waals surface area contributed by atoms with Gasteiger partial charge in [-0.25, -0.2) is 0 Å². The second kappa shape index (κ2) is 8.06. The quantitative estimate of drug-likeness (QED) is 0.866. The van der Waals surface area contributed by atoms with Crippen LogP contribution in [0.15, 0.2) is 30.3 Å². The summed E-state index contributed by atoms with van der Waals surface area (Å²) >= 11 is 0. The van der Waals surface area contributed by atoms with E-state index in [2.05, 4.69) is 24.1 Å². The van der Waals surface area contributed by atoms with Crippen molar-refractivity contribution >= 4 is 16.7 Å². The smallest absolute Gasteiger partial charge is 0.227 e. The molecule has 0 bridgehead atoms. The maximum atomic E-state index is 12.6. The lowest BCUT2D eigenvalue weighted by atomic mass is 9.95. The molecule has 1 N–H and O–H groups in total. The lowest BCUT2D eigenvalue weighted by Gasteiger charge is -2.41. The molecule has 1 fully saturated rings. The van der Waals surface area contributed by atoms with Gasteiger partial charge in [0, 0.05) is 47.5 Å². The monoisotopic (exact) mass is 336 g/mol. The number of carbonyl (C=O) groups excluding carboxylic acids is 1. The van der Waals surface area contributed by atoms with E-state index in [9.17, 15) is 9.00 Å². The van der Waals surface area contributed by atoms with Crippen LogP contribution in [0.4, 0.5) is 0 Å². The fourth-order valence-electron chi connectivity index (χ4n) is 3.04. The summed E-state index contributed by atoms with van der Waals surface area (Å²) in [5.41, 5.74) is 0.952. The number of hydrogen-bond donors (Lipinski definition) is 1. The molecule has 1 amide bonds. The second-order valence-electron chi connectivity index (χ2n) is 6.74. The van der Waals surface area contributed by atoms with Crippen molar-refractivity contribution in [1.82, 2.24) is 10.2 Å². The Balaban J connectivity index is 1.93. The van der Waals surface area contributed by atoms with Crippen molar-refractivity contribution in [1.29, 1.82) is 0 Å². The summed E-state index contributed by atoms with van der Waals surface area (Å²) in [5, 5.41) is 3.12. The first-order chi connectivity index (χ1) is 10.9. The molecule has 0 spiro atoms. The highest BCUT2D eigenvalue weighted by molar-refractivity contribution is 7.85. The zero-order chi connectivity index (χ0) is 16.9. The van der Waals surface area contributed by atoms with Gasteiger partial charge in [-0.2, -0.15) is 0 Å². The number of benzene rings is 1. The molecular weight excluding hydrogens is 308 g/mol. The highest BCUT2D eigenvalue weighted by Gasteiger charge is 2.30. The van der Waals surface area contributed by atoms with Crippen molar-refractivity contribution in [3.8, 4) is 0 Å².